The summed E-state index contributed by atoms with van der Waals surface area (Å²) in [6.07, 6.45) is -4.36. The van der Waals surface area contributed by atoms with Crippen molar-refractivity contribution in [3.05, 3.63) is 29.8 Å². The molecule has 0 fully saturated rings. The van der Waals surface area contributed by atoms with Gasteiger partial charge in [-0.3, -0.25) is 0 Å². The van der Waals surface area contributed by atoms with Crippen LogP contribution in [0.25, 0.3) is 0 Å². The van der Waals surface area contributed by atoms with E-state index in [9.17, 15) is 13.2 Å². The predicted octanol–water partition coefficient (Wildman–Crippen LogP) is 4.43. The Morgan fingerprint density at radius 1 is 1.20 bits per heavy atom. The highest BCUT2D eigenvalue weighted by molar-refractivity contribution is 7.80. The molecule has 1 aromatic rings. The number of thiocarbonyl (C=S) groups is 1. The summed E-state index contributed by atoms with van der Waals surface area (Å²) in [5, 5.41) is 6.16. The Labute approximate surface area is 122 Å². The molecule has 6 heteroatoms. The zero-order valence-corrected chi connectivity index (χ0v) is 12.7. The van der Waals surface area contributed by atoms with Crippen LogP contribution in [-0.2, 0) is 6.18 Å². The van der Waals surface area contributed by atoms with E-state index in [2.05, 4.69) is 31.4 Å². The van der Waals surface area contributed by atoms with Gasteiger partial charge >= 0.3 is 6.18 Å². The minimum absolute atomic E-state index is 0.000439. The second-order valence-corrected chi connectivity index (χ2v) is 6.17. The van der Waals surface area contributed by atoms with Crippen LogP contribution in [0.5, 0.6) is 0 Å². The Morgan fingerprint density at radius 3 is 2.30 bits per heavy atom. The van der Waals surface area contributed by atoms with Crippen LogP contribution < -0.4 is 10.6 Å². The number of rotatable bonds is 2. The number of anilines is 1. The van der Waals surface area contributed by atoms with Crippen LogP contribution in [0, 0.1) is 5.41 Å². The maximum atomic E-state index is 12.6. The van der Waals surface area contributed by atoms with Gasteiger partial charge in [-0.25, -0.2) is 0 Å². The lowest BCUT2D eigenvalue weighted by Crippen LogP contribution is -2.43. The molecule has 0 spiro atoms. The summed E-state index contributed by atoms with van der Waals surface area (Å²) in [5.41, 5.74) is -0.382. The molecule has 0 aliphatic carbocycles. The molecule has 0 saturated heterocycles. The second kappa shape index (κ2) is 5.99. The normalized spacial score (nSPS) is 13.8. The van der Waals surface area contributed by atoms with E-state index in [1.807, 2.05) is 6.92 Å². The van der Waals surface area contributed by atoms with Crippen molar-refractivity contribution in [3.8, 4) is 0 Å². The third kappa shape index (κ3) is 5.00. The van der Waals surface area contributed by atoms with Crippen molar-refractivity contribution in [2.24, 2.45) is 5.41 Å². The number of hydrogen-bond donors (Lipinski definition) is 2. The Kier molecular flexibility index (Phi) is 5.02. The van der Waals surface area contributed by atoms with E-state index in [4.69, 9.17) is 12.2 Å². The summed E-state index contributed by atoms with van der Waals surface area (Å²) < 4.78 is 37.8. The average Bonchev–Trinajstić information content (AvgIpc) is 2.26. The van der Waals surface area contributed by atoms with Gasteiger partial charge in [-0.2, -0.15) is 13.2 Å². The lowest BCUT2D eigenvalue weighted by molar-refractivity contribution is -0.137. The van der Waals surface area contributed by atoms with Gasteiger partial charge in [0.2, 0.25) is 0 Å². The van der Waals surface area contributed by atoms with Crippen molar-refractivity contribution in [1.29, 1.82) is 0 Å². The average molecular weight is 304 g/mol. The van der Waals surface area contributed by atoms with Crippen molar-refractivity contribution in [3.63, 3.8) is 0 Å². The van der Waals surface area contributed by atoms with Crippen molar-refractivity contribution in [1.82, 2.24) is 5.32 Å². The van der Waals surface area contributed by atoms with Crippen LogP contribution in [-0.4, -0.2) is 11.2 Å². The zero-order chi connectivity index (χ0) is 15.6. The molecule has 1 rings (SSSR count). The molecule has 0 bridgehead atoms. The predicted molar refractivity (Wildman–Crippen MR) is 79.7 cm³/mol. The first-order valence-corrected chi connectivity index (χ1v) is 6.66. The number of nitrogens with one attached hydrogen (secondary N) is 2. The molecule has 112 valence electrons. The number of benzene rings is 1. The minimum atomic E-state index is -4.36. The van der Waals surface area contributed by atoms with Crippen LogP contribution in [0.4, 0.5) is 18.9 Å². The van der Waals surface area contributed by atoms with Crippen LogP contribution in [0.1, 0.15) is 33.3 Å². The summed E-state index contributed by atoms with van der Waals surface area (Å²) in [4.78, 5) is 0. The lowest BCUT2D eigenvalue weighted by Gasteiger charge is -2.29. The molecular weight excluding hydrogens is 285 g/mol. The molecule has 1 atom stereocenters. The molecule has 2 N–H and O–H groups in total. The van der Waals surface area contributed by atoms with Crippen molar-refractivity contribution in [2.75, 3.05) is 5.32 Å². The highest BCUT2D eigenvalue weighted by Crippen LogP contribution is 2.30. The van der Waals surface area contributed by atoms with E-state index < -0.39 is 11.7 Å². The SMILES string of the molecule is C[C@H](NC(=S)Nc1cccc(C(F)(F)F)c1)C(C)(C)C. The molecule has 0 aliphatic rings. The van der Waals surface area contributed by atoms with Gasteiger partial charge in [0.25, 0.3) is 0 Å². The quantitative estimate of drug-likeness (QED) is 0.791. The molecule has 0 saturated carbocycles. The van der Waals surface area contributed by atoms with Crippen molar-refractivity contribution < 1.29 is 13.2 Å². The Bertz CT molecular complexity index is 478. The summed E-state index contributed by atoms with van der Waals surface area (Å²) in [7, 11) is 0. The first-order valence-electron chi connectivity index (χ1n) is 6.25. The number of hydrogen-bond acceptors (Lipinski definition) is 1. The summed E-state index contributed by atoms with van der Waals surface area (Å²) in [6.45, 7) is 8.13. The van der Waals surface area contributed by atoms with E-state index in [0.29, 0.717) is 10.8 Å². The third-order valence-electron chi connectivity index (χ3n) is 3.09. The largest absolute Gasteiger partial charge is 0.416 e. The molecule has 1 aromatic carbocycles. The molecule has 0 unspecified atom stereocenters. The van der Waals surface area contributed by atoms with Crippen LogP contribution in [0.3, 0.4) is 0 Å². The topological polar surface area (TPSA) is 24.1 Å². The molecule has 0 aliphatic heterocycles. The fourth-order valence-corrected chi connectivity index (χ4v) is 1.65. The molecule has 0 heterocycles. The number of halogens is 3. The zero-order valence-electron chi connectivity index (χ0n) is 11.9. The van der Waals surface area contributed by atoms with E-state index in [-0.39, 0.29) is 11.5 Å². The van der Waals surface area contributed by atoms with Crippen LogP contribution in [0.15, 0.2) is 24.3 Å². The highest BCUT2D eigenvalue weighted by atomic mass is 32.1. The van der Waals surface area contributed by atoms with E-state index in [0.717, 1.165) is 12.1 Å². The van der Waals surface area contributed by atoms with Crippen LogP contribution in [0.2, 0.25) is 0 Å². The summed E-state index contributed by atoms with van der Waals surface area (Å²) >= 11 is 5.11. The van der Waals surface area contributed by atoms with Crippen LogP contribution >= 0.6 is 12.2 Å². The molecular formula is C14H19F3N2S. The Hall–Kier alpha value is -1.30. The van der Waals surface area contributed by atoms with Gasteiger partial charge in [0.15, 0.2) is 5.11 Å². The first-order chi connectivity index (χ1) is 9.00. The smallest absolute Gasteiger partial charge is 0.359 e. The highest BCUT2D eigenvalue weighted by Gasteiger charge is 2.30. The second-order valence-electron chi connectivity index (χ2n) is 5.76. The molecule has 0 amide bonds. The standard InChI is InChI=1S/C14H19F3N2S/c1-9(13(2,3)4)18-12(20)19-11-7-5-6-10(8-11)14(15,16)17/h5-9H,1-4H3,(H2,18,19,20)/t9-/m0/s1. The maximum absolute atomic E-state index is 12.6. The van der Waals surface area contributed by atoms with E-state index >= 15 is 0 Å². The fourth-order valence-electron chi connectivity index (χ4n) is 1.35. The first kappa shape index (κ1) is 16.8. The molecule has 0 aromatic heterocycles. The van der Waals surface area contributed by atoms with Gasteiger partial charge in [-0.15, -0.1) is 0 Å². The molecule has 20 heavy (non-hydrogen) atoms. The minimum Gasteiger partial charge on any atom is -0.359 e. The van der Waals surface area contributed by atoms with E-state index in [1.165, 1.54) is 6.07 Å². The number of alkyl halides is 3. The maximum Gasteiger partial charge on any atom is 0.416 e. The van der Waals surface area contributed by atoms with Crippen molar-refractivity contribution >= 4 is 23.0 Å². The monoisotopic (exact) mass is 304 g/mol. The van der Waals surface area contributed by atoms with Gasteiger partial charge in [0.05, 0.1) is 5.56 Å². The van der Waals surface area contributed by atoms with Gasteiger partial charge in [-0.1, -0.05) is 26.8 Å². The third-order valence-corrected chi connectivity index (χ3v) is 3.31. The van der Waals surface area contributed by atoms with Gasteiger partial charge in [0, 0.05) is 11.7 Å². The van der Waals surface area contributed by atoms with Gasteiger partial charge < -0.3 is 10.6 Å². The Balaban J connectivity index is 2.72. The van der Waals surface area contributed by atoms with Gasteiger partial charge in [-0.05, 0) is 42.8 Å². The summed E-state index contributed by atoms with van der Waals surface area (Å²) in [6, 6.07) is 5.05. The summed E-state index contributed by atoms with van der Waals surface area (Å²) in [5.74, 6) is 0. The van der Waals surface area contributed by atoms with Crippen molar-refractivity contribution in [2.45, 2.75) is 39.9 Å². The van der Waals surface area contributed by atoms with E-state index in [1.54, 1.807) is 6.07 Å². The Morgan fingerprint density at radius 2 is 1.80 bits per heavy atom. The van der Waals surface area contributed by atoms with Gasteiger partial charge in [0.1, 0.15) is 0 Å². The molecule has 0 radical (unpaired) electrons. The fraction of sp³-hybridized carbons (Fsp3) is 0.500. The molecule has 2 nitrogen and oxygen atoms in total. The lowest BCUT2D eigenvalue weighted by atomic mass is 9.88.